The Morgan fingerprint density at radius 3 is 2.19 bits per heavy atom. The number of fused-ring (bicyclic) bond motifs is 2. The van der Waals surface area contributed by atoms with Crippen LogP contribution in [0.4, 0.5) is 5.69 Å². The number of nitrogens with two attached hydrogens (primary N) is 1. The molecule has 32 heavy (non-hydrogen) atoms. The Labute approximate surface area is 184 Å². The minimum Gasteiger partial charge on any atom is -0.452 e. The summed E-state index contributed by atoms with van der Waals surface area (Å²) in [5.74, 6) is -2.06. The average Bonchev–Trinajstić information content (AvgIpc) is 2.81. The molecule has 0 heterocycles. The van der Waals surface area contributed by atoms with Crippen molar-refractivity contribution in [2.24, 2.45) is 0 Å². The predicted molar refractivity (Wildman–Crippen MR) is 118 cm³/mol. The fraction of sp³-hybridized carbons (Fsp3) is 0.120. The molecule has 0 fully saturated rings. The molecular weight excluding hydrogens is 408 g/mol. The number of nitrogens with one attached hydrogen (secondary N) is 1. The highest BCUT2D eigenvalue weighted by molar-refractivity contribution is 6.30. The second kappa shape index (κ2) is 8.85. The molecule has 0 unspecified atom stereocenters. The van der Waals surface area contributed by atoms with Gasteiger partial charge in [-0.1, -0.05) is 54.6 Å². The Hall–Kier alpha value is -4.26. The number of carbonyl (C=O) groups excluding carboxylic acids is 4. The number of carbonyl (C=O) groups is 4. The van der Waals surface area contributed by atoms with Gasteiger partial charge in [-0.15, -0.1) is 0 Å². The van der Waals surface area contributed by atoms with Crippen LogP contribution in [-0.4, -0.2) is 36.6 Å². The largest absolute Gasteiger partial charge is 0.452 e. The molecule has 0 bridgehead atoms. The monoisotopic (exact) mass is 428 g/mol. The quantitative estimate of drug-likeness (QED) is 0.360. The fourth-order valence-electron chi connectivity index (χ4n) is 3.64. The molecule has 3 aromatic rings. The Morgan fingerprint density at radius 1 is 0.812 bits per heavy atom. The summed E-state index contributed by atoms with van der Waals surface area (Å²) in [6, 6.07) is 18.8. The lowest BCUT2D eigenvalue weighted by Crippen LogP contribution is -2.30. The Kier molecular flexibility index (Phi) is 5.81. The van der Waals surface area contributed by atoms with Crippen LogP contribution in [0.15, 0.2) is 66.7 Å². The highest BCUT2D eigenvalue weighted by atomic mass is 16.5. The number of esters is 1. The summed E-state index contributed by atoms with van der Waals surface area (Å²) in [6.45, 7) is -0.0860. The Bertz CT molecular complexity index is 1230. The van der Waals surface area contributed by atoms with Crippen LogP contribution in [0.25, 0.3) is 0 Å². The van der Waals surface area contributed by atoms with Crippen LogP contribution >= 0.6 is 0 Å². The number of benzene rings is 3. The van der Waals surface area contributed by atoms with E-state index in [2.05, 4.69) is 5.32 Å². The number of hydrogen-bond acceptors (Lipinski definition) is 6. The third kappa shape index (κ3) is 4.00. The third-order valence-electron chi connectivity index (χ3n) is 5.27. The molecule has 7 nitrogen and oxygen atoms in total. The Morgan fingerprint density at radius 2 is 1.47 bits per heavy atom. The minimum absolute atomic E-state index is 0.0181. The van der Waals surface area contributed by atoms with Gasteiger partial charge in [-0.05, 0) is 24.1 Å². The lowest BCUT2D eigenvalue weighted by molar-refractivity contribution is -0.124. The van der Waals surface area contributed by atoms with Gasteiger partial charge in [0.05, 0.1) is 16.8 Å². The van der Waals surface area contributed by atoms with E-state index in [1.807, 2.05) is 30.3 Å². The van der Waals surface area contributed by atoms with Crippen molar-refractivity contribution in [3.05, 3.63) is 100 Å². The first kappa shape index (κ1) is 21.0. The van der Waals surface area contributed by atoms with Crippen LogP contribution in [0, 0.1) is 0 Å². The van der Waals surface area contributed by atoms with Gasteiger partial charge in [-0.2, -0.15) is 0 Å². The summed E-state index contributed by atoms with van der Waals surface area (Å²) in [7, 11) is 0. The standard InChI is InChI=1S/C25H20N2O5/c26-22-19(25(31)32-14-20(28)27-13-12-15-6-2-1-3-7-15)11-10-18-21(22)24(30)17-9-5-4-8-16(17)23(18)29/h1-11H,12-14,26H2,(H,27,28). The summed E-state index contributed by atoms with van der Waals surface area (Å²) in [5.41, 5.74) is 7.62. The number of nitrogen functional groups attached to an aromatic ring is 1. The van der Waals surface area contributed by atoms with Gasteiger partial charge >= 0.3 is 5.97 Å². The normalized spacial score (nSPS) is 12.0. The molecule has 7 heteroatoms. The van der Waals surface area contributed by atoms with Crippen LogP contribution in [0.3, 0.4) is 0 Å². The van der Waals surface area contributed by atoms with Crippen molar-refractivity contribution in [3.8, 4) is 0 Å². The zero-order chi connectivity index (χ0) is 22.7. The van der Waals surface area contributed by atoms with E-state index in [-0.39, 0.29) is 33.7 Å². The third-order valence-corrected chi connectivity index (χ3v) is 5.27. The first-order valence-corrected chi connectivity index (χ1v) is 10.1. The molecule has 0 aliphatic heterocycles. The zero-order valence-electron chi connectivity index (χ0n) is 17.1. The molecule has 4 rings (SSSR count). The van der Waals surface area contributed by atoms with Gasteiger partial charge in [0.2, 0.25) is 0 Å². The maximum absolute atomic E-state index is 12.9. The summed E-state index contributed by atoms with van der Waals surface area (Å²) >= 11 is 0. The first-order valence-electron chi connectivity index (χ1n) is 10.1. The molecule has 1 aliphatic rings. The van der Waals surface area contributed by atoms with E-state index in [0.717, 1.165) is 5.56 Å². The van der Waals surface area contributed by atoms with Crippen molar-refractivity contribution in [1.29, 1.82) is 0 Å². The molecule has 0 saturated heterocycles. The number of amides is 1. The first-order chi connectivity index (χ1) is 15.5. The van der Waals surface area contributed by atoms with Gasteiger partial charge in [0.15, 0.2) is 18.2 Å². The van der Waals surface area contributed by atoms with Crippen molar-refractivity contribution >= 4 is 29.1 Å². The number of ketones is 2. The van der Waals surface area contributed by atoms with Crippen LogP contribution in [0.5, 0.6) is 0 Å². The SMILES string of the molecule is Nc1c(C(=O)OCC(=O)NCCc2ccccc2)ccc2c1C(=O)c1ccccc1C2=O. The van der Waals surface area contributed by atoms with Gasteiger partial charge in [-0.3, -0.25) is 14.4 Å². The second-order valence-corrected chi connectivity index (χ2v) is 7.31. The predicted octanol–water partition coefficient (Wildman–Crippen LogP) is 2.56. The van der Waals surface area contributed by atoms with Gasteiger partial charge in [-0.25, -0.2) is 4.79 Å². The van der Waals surface area contributed by atoms with Crippen molar-refractivity contribution in [2.75, 3.05) is 18.9 Å². The highest BCUT2D eigenvalue weighted by Gasteiger charge is 2.33. The molecular formula is C25H20N2O5. The van der Waals surface area contributed by atoms with E-state index in [1.54, 1.807) is 24.3 Å². The van der Waals surface area contributed by atoms with Crippen molar-refractivity contribution < 1.29 is 23.9 Å². The smallest absolute Gasteiger partial charge is 0.340 e. The maximum atomic E-state index is 12.9. The Balaban J connectivity index is 1.42. The molecule has 1 amide bonds. The van der Waals surface area contributed by atoms with E-state index in [4.69, 9.17) is 10.5 Å². The van der Waals surface area contributed by atoms with E-state index >= 15 is 0 Å². The fourth-order valence-corrected chi connectivity index (χ4v) is 3.64. The average molecular weight is 428 g/mol. The molecule has 0 aromatic heterocycles. The van der Waals surface area contributed by atoms with Crippen LogP contribution in [0.1, 0.15) is 47.8 Å². The summed E-state index contributed by atoms with van der Waals surface area (Å²) in [4.78, 5) is 50.1. The summed E-state index contributed by atoms with van der Waals surface area (Å²) in [5, 5.41) is 2.68. The molecule has 0 atom stereocenters. The number of ether oxygens (including phenoxy) is 1. The van der Waals surface area contributed by atoms with Crippen LogP contribution < -0.4 is 11.1 Å². The van der Waals surface area contributed by atoms with E-state index in [1.165, 1.54) is 12.1 Å². The molecule has 0 radical (unpaired) electrons. The summed E-state index contributed by atoms with van der Waals surface area (Å²) < 4.78 is 5.07. The highest BCUT2D eigenvalue weighted by Crippen LogP contribution is 2.32. The molecule has 0 saturated carbocycles. The van der Waals surface area contributed by atoms with Crippen molar-refractivity contribution in [1.82, 2.24) is 5.32 Å². The number of rotatable bonds is 6. The zero-order valence-corrected chi connectivity index (χ0v) is 17.1. The number of anilines is 1. The van der Waals surface area contributed by atoms with Gasteiger partial charge in [0.25, 0.3) is 5.91 Å². The van der Waals surface area contributed by atoms with Gasteiger partial charge < -0.3 is 15.8 Å². The molecule has 3 aromatic carbocycles. The number of hydrogen-bond donors (Lipinski definition) is 2. The van der Waals surface area contributed by atoms with E-state index in [0.29, 0.717) is 18.5 Å². The van der Waals surface area contributed by atoms with Crippen molar-refractivity contribution in [3.63, 3.8) is 0 Å². The summed E-state index contributed by atoms with van der Waals surface area (Å²) in [6.07, 6.45) is 0.649. The van der Waals surface area contributed by atoms with Crippen LogP contribution in [-0.2, 0) is 16.0 Å². The van der Waals surface area contributed by atoms with Crippen LogP contribution in [0.2, 0.25) is 0 Å². The maximum Gasteiger partial charge on any atom is 0.340 e. The van der Waals surface area contributed by atoms with Gasteiger partial charge in [0, 0.05) is 23.2 Å². The molecule has 160 valence electrons. The lowest BCUT2D eigenvalue weighted by atomic mass is 9.82. The topological polar surface area (TPSA) is 116 Å². The van der Waals surface area contributed by atoms with Crippen molar-refractivity contribution in [2.45, 2.75) is 6.42 Å². The minimum atomic E-state index is -0.845. The van der Waals surface area contributed by atoms with Gasteiger partial charge in [0.1, 0.15) is 0 Å². The second-order valence-electron chi connectivity index (χ2n) is 7.31. The van der Waals surface area contributed by atoms with E-state index in [9.17, 15) is 19.2 Å². The molecule has 0 spiro atoms. The molecule has 1 aliphatic carbocycles. The molecule has 3 N–H and O–H groups in total. The van der Waals surface area contributed by atoms with E-state index < -0.39 is 24.3 Å². The lowest BCUT2D eigenvalue weighted by Gasteiger charge is -2.20.